The predicted octanol–water partition coefficient (Wildman–Crippen LogP) is 26.6. The predicted molar refractivity (Wildman–Crippen MR) is 442 cm³/mol. The number of pyridine rings is 4. The third kappa shape index (κ3) is 16.7. The van der Waals surface area contributed by atoms with E-state index in [1.165, 1.54) is 67.3 Å². The van der Waals surface area contributed by atoms with Crippen molar-refractivity contribution in [3.8, 4) is 101 Å². The summed E-state index contributed by atoms with van der Waals surface area (Å²) in [6, 6.07) is 77.2. The molecule has 108 heavy (non-hydrogen) atoms. The van der Waals surface area contributed by atoms with E-state index in [4.69, 9.17) is 50.0 Å². The molecule has 0 amide bonds. The van der Waals surface area contributed by atoms with Crippen molar-refractivity contribution in [2.24, 2.45) is 0 Å². The molecule has 8 heteroatoms. The number of fused-ring (bicyclic) bond motifs is 6. The minimum Gasteiger partial charge on any atom is -0.501 e. The van der Waals surface area contributed by atoms with E-state index < -0.39 is 68.5 Å². The van der Waals surface area contributed by atoms with Gasteiger partial charge >= 0.3 is 0 Å². The van der Waals surface area contributed by atoms with E-state index in [2.05, 4.69) is 44.2 Å². The van der Waals surface area contributed by atoms with Crippen molar-refractivity contribution in [2.45, 2.75) is 96.2 Å². The van der Waals surface area contributed by atoms with E-state index in [1.54, 1.807) is 97.1 Å². The molecule has 17 rings (SSSR count). The van der Waals surface area contributed by atoms with Gasteiger partial charge in [0.15, 0.2) is 0 Å². The first-order valence-corrected chi connectivity index (χ1v) is 33.7. The zero-order chi connectivity index (χ0) is 98.9. The molecule has 0 aliphatic heterocycles. The van der Waals surface area contributed by atoms with Crippen LogP contribution >= 0.6 is 0 Å². The zero-order valence-corrected chi connectivity index (χ0v) is 63.3. The maximum atomic E-state index is 8.37. The van der Waals surface area contributed by atoms with Gasteiger partial charge in [-0.3, -0.25) is 0 Å². The Morgan fingerprint density at radius 2 is 0.731 bits per heavy atom. The van der Waals surface area contributed by atoms with Crippen LogP contribution in [0.25, 0.3) is 145 Å². The van der Waals surface area contributed by atoms with Crippen molar-refractivity contribution >= 4 is 43.9 Å². The molecule has 17 aromatic rings. The van der Waals surface area contributed by atoms with Gasteiger partial charge in [-0.1, -0.05) is 216 Å². The van der Waals surface area contributed by atoms with Gasteiger partial charge in [-0.2, -0.15) is 0 Å². The van der Waals surface area contributed by atoms with Crippen LogP contribution in [0.4, 0.5) is 0 Å². The molecule has 538 valence electrons. The van der Waals surface area contributed by atoms with Gasteiger partial charge in [0.05, 0.1) is 11.2 Å². The Balaban J connectivity index is 0.000000172. The van der Waals surface area contributed by atoms with E-state index >= 15 is 0 Å². The maximum absolute atomic E-state index is 8.37. The van der Waals surface area contributed by atoms with Crippen LogP contribution in [0, 0.1) is 120 Å². The standard InChI is InChI=1S/2C34H28NO.C19H16N.C13H12N.2Ir/c2*1-20-9-11-25(12-10-20)26-13-14-27(22(3)17-26)30-18-31(35-19-24(30)5)28-7-6-8-29-33-23(4)15-21(2)16-32(33)36-34(28)29;1-14-8-11-19(20-13-14)17-10-9-15(2)18(12-17)16-6-4-3-5-7-16;1-10-3-6-12(7-4-10)13-8-5-11(2)9-14-13;;/h2*6,8-19H,1-5H3;3-9,11-13H,1-2H3;3-6,8-9H,1-2H3;;/q4*-1;;/i2*2D3,3D3,5D3;2*1D3,2D3;;. The summed E-state index contributed by atoms with van der Waals surface area (Å²) in [5.74, 6) is 0. The minimum absolute atomic E-state index is 0. The molecule has 0 fully saturated rings. The van der Waals surface area contributed by atoms with Crippen LogP contribution in [0.1, 0.15) is 119 Å². The molecule has 2 radical (unpaired) electrons. The second kappa shape index (κ2) is 33.4. The van der Waals surface area contributed by atoms with Crippen molar-refractivity contribution in [1.29, 1.82) is 0 Å². The minimum atomic E-state index is -2.58. The number of furan rings is 2. The molecule has 6 heterocycles. The smallest absolute Gasteiger partial charge is 0.121 e. The number of nitrogens with zero attached hydrogens (tertiary/aromatic N) is 4. The summed E-state index contributed by atoms with van der Waals surface area (Å²) in [7, 11) is 0. The van der Waals surface area contributed by atoms with Crippen molar-refractivity contribution < 1.29 is 90.2 Å². The molecular weight excluding hydrogens is 1670 g/mol. The van der Waals surface area contributed by atoms with Crippen LogP contribution in [0.5, 0.6) is 0 Å². The number of hydrogen-bond acceptors (Lipinski definition) is 6. The van der Waals surface area contributed by atoms with Gasteiger partial charge in [-0.05, 0) is 223 Å². The van der Waals surface area contributed by atoms with Crippen LogP contribution in [-0.2, 0) is 40.2 Å². The van der Waals surface area contributed by atoms with Crippen molar-refractivity contribution in [1.82, 2.24) is 19.9 Å². The van der Waals surface area contributed by atoms with Gasteiger partial charge in [-0.25, -0.2) is 0 Å². The molecule has 0 atom stereocenters. The molecule has 0 saturated heterocycles. The Kier molecular flexibility index (Phi) is 14.5. The summed E-state index contributed by atoms with van der Waals surface area (Å²) >= 11 is 0. The van der Waals surface area contributed by atoms with Crippen LogP contribution in [0.2, 0.25) is 0 Å². The van der Waals surface area contributed by atoms with Crippen LogP contribution in [-0.4, -0.2) is 19.9 Å². The first kappa shape index (κ1) is 46.9. The van der Waals surface area contributed by atoms with E-state index in [9.17, 15) is 0 Å². The molecule has 0 bridgehead atoms. The molecule has 0 aliphatic carbocycles. The van der Waals surface area contributed by atoms with E-state index in [-0.39, 0.29) is 118 Å². The Morgan fingerprint density at radius 1 is 0.287 bits per heavy atom. The second-order valence-corrected chi connectivity index (χ2v) is 25.6. The summed E-state index contributed by atoms with van der Waals surface area (Å²) in [6.07, 6.45) is 5.12. The third-order valence-electron chi connectivity index (χ3n) is 18.1. The summed E-state index contributed by atoms with van der Waals surface area (Å²) < 4.78 is 248. The van der Waals surface area contributed by atoms with Gasteiger partial charge in [0.1, 0.15) is 11.2 Å². The van der Waals surface area contributed by atoms with E-state index in [0.717, 1.165) is 60.5 Å². The largest absolute Gasteiger partial charge is 0.501 e. The average Bonchev–Trinajstić information content (AvgIpc) is 1.48. The fourth-order valence-corrected chi connectivity index (χ4v) is 12.8. The second-order valence-electron chi connectivity index (χ2n) is 25.6. The number of hydrogen-bond donors (Lipinski definition) is 0. The molecule has 0 spiro atoms. The van der Waals surface area contributed by atoms with Crippen molar-refractivity contribution in [3.63, 3.8) is 0 Å². The Labute approximate surface area is 705 Å². The molecule has 0 aliphatic rings. The van der Waals surface area contributed by atoms with Crippen LogP contribution in [0.15, 0.2) is 264 Å². The zero-order valence-electron chi connectivity index (χ0n) is 88.5. The third-order valence-corrected chi connectivity index (χ3v) is 18.1. The number of benzene rings is 11. The molecule has 11 aromatic carbocycles. The molecule has 6 aromatic heterocycles. The first-order chi connectivity index (χ1) is 63.4. The fourth-order valence-electron chi connectivity index (χ4n) is 12.8. The van der Waals surface area contributed by atoms with Gasteiger partial charge in [-0.15, -0.1) is 101 Å². The summed E-state index contributed by atoms with van der Waals surface area (Å²) in [5, 5.41) is 2.96. The molecule has 0 unspecified atom stereocenters. The maximum Gasteiger partial charge on any atom is 0.121 e. The summed E-state index contributed by atoms with van der Waals surface area (Å²) in [6.45, 7) is -16.1. The number of aromatic nitrogens is 4. The van der Waals surface area contributed by atoms with Crippen molar-refractivity contribution in [2.75, 3.05) is 0 Å². The Bertz CT molecular complexity index is 6940. The summed E-state index contributed by atoms with van der Waals surface area (Å²) in [4.78, 5) is 17.3. The Morgan fingerprint density at radius 3 is 1.18 bits per heavy atom. The van der Waals surface area contributed by atoms with Gasteiger partial charge in [0.25, 0.3) is 0 Å². The molecule has 6 nitrogen and oxygen atoms in total. The van der Waals surface area contributed by atoms with Crippen LogP contribution < -0.4 is 0 Å². The molecular formula is C100H84Ir2N4O2-4. The average molecular weight is 1790 g/mol. The van der Waals surface area contributed by atoms with Gasteiger partial charge in [0, 0.05) is 117 Å². The Hall–Kier alpha value is -11.1. The topological polar surface area (TPSA) is 77.8 Å². The quantitative estimate of drug-likeness (QED) is 0.134. The molecule has 0 N–H and O–H groups in total. The fraction of sp³-hybridized carbons (Fsp3) is 0.140. The molecule has 0 saturated carbocycles. The normalized spacial score (nSPS) is 16.2. The monoisotopic (exact) mass is 1790 g/mol. The van der Waals surface area contributed by atoms with Crippen LogP contribution in [0.3, 0.4) is 0 Å². The van der Waals surface area contributed by atoms with Gasteiger partial charge < -0.3 is 28.8 Å². The van der Waals surface area contributed by atoms with E-state index in [0.29, 0.717) is 84.1 Å². The first-order valence-electron chi connectivity index (χ1n) is 48.7. The summed E-state index contributed by atoms with van der Waals surface area (Å²) in [5.41, 5.74) is 15.4. The van der Waals surface area contributed by atoms with Crippen molar-refractivity contribution in [3.05, 3.63) is 357 Å². The number of aryl methyl sites for hydroxylation is 14. The van der Waals surface area contributed by atoms with E-state index in [1.807, 2.05) is 119 Å². The van der Waals surface area contributed by atoms with Gasteiger partial charge in [0.2, 0.25) is 0 Å². The number of rotatable bonds is 9. The SMILES string of the molecule is [2H]C([2H])([2H])c1c[c-]c(-c2ccc(C([2H])([2H])[2H])cn2)cc1.[2H]C([2H])([2H])c1cc(C)c2c(c1)oc1c(-c3cc(-c4ccc(-c5ccc(C)cc5)cc4C([2H])([2H])[2H])c(C([2H])([2H])[2H])cn3)[c-]ccc12.[2H]C([2H])([2H])c1cc(C)c2c(c1)oc1c(-c3cc(-c4ccc(-c5ccc(C)cc5)cc4C([2H])([2H])[2H])c(C([2H])([2H])[2H])cn3)[c-]ccc12.[2H]C([2H])([2H])c1ccc(-c2[c-]cc(C([2H])([2H])[2H])c(-c3ccccc3)c2)nc1.[Ir].[Ir].